The molecule has 0 aliphatic heterocycles. The second-order valence-corrected chi connectivity index (χ2v) is 6.52. The topological polar surface area (TPSA) is 84.1 Å². The van der Waals surface area contributed by atoms with E-state index in [1.807, 2.05) is 0 Å². The normalized spacial score (nSPS) is 12.9. The highest BCUT2D eigenvalue weighted by molar-refractivity contribution is 5.80. The highest BCUT2D eigenvalue weighted by atomic mass is 19.1. The molecule has 0 spiro atoms. The SMILES string of the molecule is Cc1nnnn1C(Cc1ccc(F)cc1)C(=O)N(C)CC(C)(C)O. The third-order valence-corrected chi connectivity index (χ3v) is 3.58. The van der Waals surface area contributed by atoms with Crippen LogP contribution in [0, 0.1) is 12.7 Å². The van der Waals surface area contributed by atoms with Crippen molar-refractivity contribution in [1.82, 2.24) is 25.1 Å². The van der Waals surface area contributed by atoms with Gasteiger partial charge in [0.1, 0.15) is 17.7 Å². The first kappa shape index (κ1) is 18.0. The average Bonchev–Trinajstić information content (AvgIpc) is 2.90. The van der Waals surface area contributed by atoms with Gasteiger partial charge in [0.05, 0.1) is 5.60 Å². The summed E-state index contributed by atoms with van der Waals surface area (Å²) in [5.74, 6) is -0.0525. The molecule has 1 unspecified atom stereocenters. The Morgan fingerprint density at radius 2 is 2.00 bits per heavy atom. The van der Waals surface area contributed by atoms with Crippen molar-refractivity contribution in [3.8, 4) is 0 Å². The van der Waals surface area contributed by atoms with Crippen molar-refractivity contribution in [1.29, 1.82) is 0 Å². The van der Waals surface area contributed by atoms with Crippen LogP contribution >= 0.6 is 0 Å². The van der Waals surface area contributed by atoms with Crippen molar-refractivity contribution >= 4 is 5.91 Å². The number of hydrogen-bond donors (Lipinski definition) is 1. The summed E-state index contributed by atoms with van der Waals surface area (Å²) in [4.78, 5) is 14.3. The summed E-state index contributed by atoms with van der Waals surface area (Å²) < 4.78 is 14.5. The number of carbonyl (C=O) groups excluding carboxylic acids is 1. The summed E-state index contributed by atoms with van der Waals surface area (Å²) in [6.07, 6.45) is 0.321. The maximum Gasteiger partial charge on any atom is 0.247 e. The summed E-state index contributed by atoms with van der Waals surface area (Å²) >= 11 is 0. The molecule has 1 aromatic carbocycles. The van der Waals surface area contributed by atoms with Crippen LogP contribution in [0.15, 0.2) is 24.3 Å². The maximum atomic E-state index is 13.1. The standard InChI is InChI=1S/C16H22FN5O2/c1-11-18-19-20-22(11)14(9-12-5-7-13(17)8-6-12)15(23)21(4)10-16(2,3)24/h5-8,14,24H,9-10H2,1-4H3. The van der Waals surface area contributed by atoms with Gasteiger partial charge in [-0.25, -0.2) is 9.07 Å². The third kappa shape index (κ3) is 4.58. The van der Waals surface area contributed by atoms with E-state index in [0.29, 0.717) is 12.2 Å². The summed E-state index contributed by atoms with van der Waals surface area (Å²) in [6.45, 7) is 5.15. The molecule has 0 aliphatic rings. The third-order valence-electron chi connectivity index (χ3n) is 3.58. The molecule has 1 N–H and O–H groups in total. The zero-order valence-corrected chi connectivity index (χ0v) is 14.3. The van der Waals surface area contributed by atoms with Gasteiger partial charge in [0.15, 0.2) is 0 Å². The van der Waals surface area contributed by atoms with Crippen LogP contribution in [0.5, 0.6) is 0 Å². The van der Waals surface area contributed by atoms with Crippen molar-refractivity contribution in [3.63, 3.8) is 0 Å². The van der Waals surface area contributed by atoms with Gasteiger partial charge in [-0.05, 0) is 48.9 Å². The Balaban J connectivity index is 2.28. The van der Waals surface area contributed by atoms with Crippen LogP contribution in [0.2, 0.25) is 0 Å². The number of likely N-dealkylation sites (N-methyl/N-ethyl adjacent to an activating group) is 1. The van der Waals surface area contributed by atoms with Crippen molar-refractivity contribution in [3.05, 3.63) is 41.5 Å². The number of amides is 1. The summed E-state index contributed by atoms with van der Waals surface area (Å²) in [6, 6.07) is 5.29. The summed E-state index contributed by atoms with van der Waals surface area (Å²) in [5, 5.41) is 21.3. The Labute approximate surface area is 140 Å². The molecule has 1 atom stereocenters. The van der Waals surface area contributed by atoms with Gasteiger partial charge in [-0.1, -0.05) is 12.1 Å². The predicted molar refractivity (Wildman–Crippen MR) is 85.6 cm³/mol. The molecule has 0 radical (unpaired) electrons. The fourth-order valence-electron chi connectivity index (χ4n) is 2.56. The van der Waals surface area contributed by atoms with Crippen molar-refractivity contribution in [2.45, 2.75) is 38.8 Å². The van der Waals surface area contributed by atoms with Gasteiger partial charge in [0.2, 0.25) is 5.91 Å². The zero-order valence-electron chi connectivity index (χ0n) is 14.3. The number of aryl methyl sites for hydroxylation is 1. The number of aliphatic hydroxyl groups is 1. The number of halogens is 1. The van der Waals surface area contributed by atoms with Crippen LogP contribution < -0.4 is 0 Å². The van der Waals surface area contributed by atoms with Gasteiger partial charge in [-0.15, -0.1) is 5.10 Å². The van der Waals surface area contributed by atoms with Crippen LogP contribution in [0.25, 0.3) is 0 Å². The van der Waals surface area contributed by atoms with E-state index in [1.165, 1.54) is 21.7 Å². The first-order valence-corrected chi connectivity index (χ1v) is 7.63. The molecule has 1 heterocycles. The molecule has 0 saturated heterocycles. The van der Waals surface area contributed by atoms with E-state index in [2.05, 4.69) is 15.5 Å². The van der Waals surface area contributed by atoms with Crippen LogP contribution in [0.3, 0.4) is 0 Å². The van der Waals surface area contributed by atoms with E-state index in [0.717, 1.165) is 5.56 Å². The largest absolute Gasteiger partial charge is 0.389 e. The predicted octanol–water partition coefficient (Wildman–Crippen LogP) is 1.13. The number of tetrazole rings is 1. The molecule has 8 heteroatoms. The van der Waals surface area contributed by atoms with Gasteiger partial charge < -0.3 is 10.0 Å². The molecule has 0 fully saturated rings. The number of carbonyl (C=O) groups is 1. The molecule has 1 amide bonds. The van der Waals surface area contributed by atoms with Crippen LogP contribution in [0.1, 0.15) is 31.3 Å². The molecule has 2 aromatic rings. The van der Waals surface area contributed by atoms with Crippen LogP contribution in [-0.4, -0.2) is 55.3 Å². The maximum absolute atomic E-state index is 13.1. The quantitative estimate of drug-likeness (QED) is 0.855. The lowest BCUT2D eigenvalue weighted by Gasteiger charge is -2.29. The molecular weight excluding hydrogens is 313 g/mol. The number of hydrogen-bond acceptors (Lipinski definition) is 5. The van der Waals surface area contributed by atoms with Gasteiger partial charge in [-0.2, -0.15) is 0 Å². The molecule has 24 heavy (non-hydrogen) atoms. The van der Waals surface area contributed by atoms with Gasteiger partial charge >= 0.3 is 0 Å². The number of nitrogens with zero attached hydrogens (tertiary/aromatic N) is 5. The minimum Gasteiger partial charge on any atom is -0.389 e. The van der Waals surface area contributed by atoms with E-state index < -0.39 is 11.6 Å². The molecule has 0 bridgehead atoms. The monoisotopic (exact) mass is 335 g/mol. The van der Waals surface area contributed by atoms with Crippen LogP contribution in [0.4, 0.5) is 4.39 Å². The molecule has 130 valence electrons. The minimum absolute atomic E-state index is 0.174. The first-order valence-electron chi connectivity index (χ1n) is 7.63. The second kappa shape index (κ2) is 7.04. The van der Waals surface area contributed by atoms with Crippen LogP contribution in [-0.2, 0) is 11.2 Å². The number of benzene rings is 1. The lowest BCUT2D eigenvalue weighted by atomic mass is 10.0. The van der Waals surface area contributed by atoms with Gasteiger partial charge in [0, 0.05) is 20.0 Å². The van der Waals surface area contributed by atoms with Gasteiger partial charge in [0.25, 0.3) is 0 Å². The van der Waals surface area contributed by atoms with Crippen molar-refractivity contribution < 1.29 is 14.3 Å². The van der Waals surface area contributed by atoms with E-state index in [9.17, 15) is 14.3 Å². The zero-order chi connectivity index (χ0) is 17.9. The lowest BCUT2D eigenvalue weighted by molar-refractivity contribution is -0.136. The molecular formula is C16H22FN5O2. The molecule has 0 saturated carbocycles. The van der Waals surface area contributed by atoms with Crippen molar-refractivity contribution in [2.24, 2.45) is 0 Å². The molecule has 1 aromatic heterocycles. The van der Waals surface area contributed by atoms with E-state index in [1.54, 1.807) is 40.0 Å². The molecule has 0 aliphatic carbocycles. The number of aromatic nitrogens is 4. The fourth-order valence-corrected chi connectivity index (χ4v) is 2.56. The van der Waals surface area contributed by atoms with E-state index in [-0.39, 0.29) is 18.3 Å². The Morgan fingerprint density at radius 1 is 1.38 bits per heavy atom. The first-order chi connectivity index (χ1) is 11.2. The highest BCUT2D eigenvalue weighted by Gasteiger charge is 2.29. The van der Waals surface area contributed by atoms with E-state index in [4.69, 9.17) is 0 Å². The molecule has 7 nitrogen and oxygen atoms in total. The Hall–Kier alpha value is -2.35. The van der Waals surface area contributed by atoms with E-state index >= 15 is 0 Å². The highest BCUT2D eigenvalue weighted by Crippen LogP contribution is 2.19. The number of rotatable bonds is 6. The Morgan fingerprint density at radius 3 is 2.50 bits per heavy atom. The smallest absolute Gasteiger partial charge is 0.247 e. The Bertz CT molecular complexity index is 693. The average molecular weight is 335 g/mol. The summed E-state index contributed by atoms with van der Waals surface area (Å²) in [5.41, 5.74) is -0.221. The van der Waals surface area contributed by atoms with Crippen molar-refractivity contribution in [2.75, 3.05) is 13.6 Å². The fraction of sp³-hybridized carbons (Fsp3) is 0.500. The Kier molecular flexibility index (Phi) is 5.28. The molecule has 2 rings (SSSR count). The minimum atomic E-state index is -1.01. The second-order valence-electron chi connectivity index (χ2n) is 6.52. The van der Waals surface area contributed by atoms with Gasteiger partial charge in [-0.3, -0.25) is 4.79 Å². The lowest BCUT2D eigenvalue weighted by Crippen LogP contribution is -2.43. The summed E-state index contributed by atoms with van der Waals surface area (Å²) in [7, 11) is 1.62.